The summed E-state index contributed by atoms with van der Waals surface area (Å²) in [6.45, 7) is 2.09. The number of aromatic nitrogens is 1. The molecule has 3 N–H and O–H groups in total. The Hall–Kier alpha value is -1.75. The minimum atomic E-state index is -0.0490. The van der Waals surface area contributed by atoms with Crippen LogP contribution in [-0.4, -0.2) is 4.98 Å². The highest BCUT2D eigenvalue weighted by Gasteiger charge is 2.16. The Balaban J connectivity index is 2.11. The van der Waals surface area contributed by atoms with E-state index in [9.17, 15) is 0 Å². The molecule has 0 amide bonds. The fraction of sp³-hybridized carbons (Fsp3) is 0.118. The van der Waals surface area contributed by atoms with Crippen molar-refractivity contribution in [3.05, 3.63) is 75.9 Å². The number of hydrazine groups is 1. The molecule has 1 heterocycles. The quantitative estimate of drug-likeness (QED) is 0.561. The lowest BCUT2D eigenvalue weighted by molar-refractivity contribution is 0.634. The lowest BCUT2D eigenvalue weighted by Gasteiger charge is -2.20. The molecule has 1 aromatic heterocycles. The van der Waals surface area contributed by atoms with Crippen LogP contribution in [-0.2, 0) is 0 Å². The lowest BCUT2D eigenvalue weighted by Crippen LogP contribution is -2.29. The van der Waals surface area contributed by atoms with Crippen molar-refractivity contribution in [1.82, 2.24) is 10.4 Å². The van der Waals surface area contributed by atoms with E-state index < -0.39 is 0 Å². The molecule has 106 valence electrons. The van der Waals surface area contributed by atoms with Crippen molar-refractivity contribution >= 4 is 26.8 Å². The third kappa shape index (κ3) is 2.70. The van der Waals surface area contributed by atoms with Crippen LogP contribution in [0, 0.1) is 6.92 Å². The first-order valence-corrected chi connectivity index (χ1v) is 7.56. The second-order valence-electron chi connectivity index (χ2n) is 5.01. The molecule has 0 bridgehead atoms. The van der Waals surface area contributed by atoms with E-state index in [-0.39, 0.29) is 6.04 Å². The van der Waals surface area contributed by atoms with Crippen molar-refractivity contribution in [2.45, 2.75) is 13.0 Å². The van der Waals surface area contributed by atoms with Gasteiger partial charge in [0.05, 0.1) is 11.6 Å². The summed E-state index contributed by atoms with van der Waals surface area (Å²) in [5.74, 6) is 5.82. The van der Waals surface area contributed by atoms with Crippen LogP contribution in [0.15, 0.2) is 59.2 Å². The van der Waals surface area contributed by atoms with Gasteiger partial charge in [-0.15, -0.1) is 0 Å². The third-order valence-corrected chi connectivity index (χ3v) is 4.61. The fourth-order valence-corrected chi connectivity index (χ4v) is 2.96. The molecular weight excluding hydrogens is 326 g/mol. The Bertz CT molecular complexity index is 786. The first kappa shape index (κ1) is 14.2. The number of nitrogens with zero attached hydrogens (tertiary/aromatic N) is 1. The molecule has 1 unspecified atom stereocenters. The van der Waals surface area contributed by atoms with Crippen molar-refractivity contribution < 1.29 is 0 Å². The van der Waals surface area contributed by atoms with E-state index in [2.05, 4.69) is 57.5 Å². The molecule has 0 saturated heterocycles. The molecule has 0 radical (unpaired) electrons. The van der Waals surface area contributed by atoms with E-state index in [1.807, 2.05) is 24.3 Å². The van der Waals surface area contributed by atoms with Gasteiger partial charge < -0.3 is 0 Å². The van der Waals surface area contributed by atoms with Crippen LogP contribution in [0.4, 0.5) is 0 Å². The van der Waals surface area contributed by atoms with Crippen molar-refractivity contribution in [3.8, 4) is 0 Å². The van der Waals surface area contributed by atoms with E-state index in [4.69, 9.17) is 5.84 Å². The molecular formula is C17H16BrN3. The Morgan fingerprint density at radius 2 is 2.00 bits per heavy atom. The number of halogens is 1. The van der Waals surface area contributed by atoms with Crippen LogP contribution < -0.4 is 11.3 Å². The average molecular weight is 342 g/mol. The van der Waals surface area contributed by atoms with Gasteiger partial charge in [-0.25, -0.2) is 5.43 Å². The van der Waals surface area contributed by atoms with Crippen molar-refractivity contribution in [2.75, 3.05) is 0 Å². The zero-order valence-electron chi connectivity index (χ0n) is 11.7. The largest absolute Gasteiger partial charge is 0.271 e. The van der Waals surface area contributed by atoms with Gasteiger partial charge in [0, 0.05) is 16.1 Å². The number of pyridine rings is 1. The van der Waals surface area contributed by atoms with Crippen LogP contribution in [0.1, 0.15) is 22.7 Å². The summed E-state index contributed by atoms with van der Waals surface area (Å²) in [5, 5.41) is 1.11. The van der Waals surface area contributed by atoms with Gasteiger partial charge in [-0.2, -0.15) is 0 Å². The van der Waals surface area contributed by atoms with E-state index in [0.717, 1.165) is 26.5 Å². The Labute approximate surface area is 132 Å². The molecule has 0 aliphatic rings. The molecule has 21 heavy (non-hydrogen) atoms. The SMILES string of the molecule is Cc1c(Br)cccc1C(NN)c1ccc2ncccc2c1. The summed E-state index contributed by atoms with van der Waals surface area (Å²) < 4.78 is 1.09. The lowest BCUT2D eigenvalue weighted by atomic mass is 9.94. The zero-order chi connectivity index (χ0) is 14.8. The van der Waals surface area contributed by atoms with Gasteiger partial charge in [-0.3, -0.25) is 10.8 Å². The Morgan fingerprint density at radius 1 is 1.14 bits per heavy atom. The van der Waals surface area contributed by atoms with Crippen molar-refractivity contribution in [3.63, 3.8) is 0 Å². The van der Waals surface area contributed by atoms with E-state index >= 15 is 0 Å². The molecule has 4 heteroatoms. The van der Waals surface area contributed by atoms with Gasteiger partial charge in [0.15, 0.2) is 0 Å². The van der Waals surface area contributed by atoms with E-state index in [0.29, 0.717) is 0 Å². The summed E-state index contributed by atoms with van der Waals surface area (Å²) in [7, 11) is 0. The van der Waals surface area contributed by atoms with Crippen LogP contribution in [0.3, 0.4) is 0 Å². The predicted molar refractivity (Wildman–Crippen MR) is 89.8 cm³/mol. The summed E-state index contributed by atoms with van der Waals surface area (Å²) in [4.78, 5) is 4.35. The highest BCUT2D eigenvalue weighted by molar-refractivity contribution is 9.10. The monoisotopic (exact) mass is 341 g/mol. The normalized spacial score (nSPS) is 12.5. The number of benzene rings is 2. The summed E-state index contributed by atoms with van der Waals surface area (Å²) in [6.07, 6.45) is 1.80. The van der Waals surface area contributed by atoms with Crippen molar-refractivity contribution in [1.29, 1.82) is 0 Å². The Kier molecular flexibility index (Phi) is 4.01. The maximum Gasteiger partial charge on any atom is 0.0713 e. The van der Waals surface area contributed by atoms with Gasteiger partial charge in [0.2, 0.25) is 0 Å². The minimum Gasteiger partial charge on any atom is -0.271 e. The molecule has 0 fully saturated rings. The standard InChI is InChI=1S/C17H16BrN3/c1-11-14(5-2-6-15(11)18)17(21-19)13-7-8-16-12(10-13)4-3-9-20-16/h2-10,17,21H,19H2,1H3. The highest BCUT2D eigenvalue weighted by Crippen LogP contribution is 2.29. The summed E-state index contributed by atoms with van der Waals surface area (Å²) in [6, 6.07) is 16.4. The van der Waals surface area contributed by atoms with Crippen LogP contribution >= 0.6 is 15.9 Å². The maximum atomic E-state index is 5.82. The number of nitrogens with one attached hydrogen (secondary N) is 1. The van der Waals surface area contributed by atoms with Crippen LogP contribution in [0.5, 0.6) is 0 Å². The second kappa shape index (κ2) is 5.93. The molecule has 3 nitrogen and oxygen atoms in total. The predicted octanol–water partition coefficient (Wildman–Crippen LogP) is 3.86. The first-order chi connectivity index (χ1) is 10.2. The molecule has 1 atom stereocenters. The third-order valence-electron chi connectivity index (χ3n) is 3.75. The summed E-state index contributed by atoms with van der Waals surface area (Å²) >= 11 is 3.58. The number of hydrogen-bond donors (Lipinski definition) is 2. The minimum absolute atomic E-state index is 0.0490. The number of fused-ring (bicyclic) bond motifs is 1. The second-order valence-corrected chi connectivity index (χ2v) is 5.86. The molecule has 0 saturated carbocycles. The highest BCUT2D eigenvalue weighted by atomic mass is 79.9. The molecule has 3 rings (SSSR count). The smallest absolute Gasteiger partial charge is 0.0713 e. The van der Waals surface area contributed by atoms with Gasteiger partial charge in [-0.1, -0.05) is 40.2 Å². The van der Waals surface area contributed by atoms with Crippen molar-refractivity contribution in [2.24, 2.45) is 5.84 Å². The Morgan fingerprint density at radius 3 is 2.81 bits per heavy atom. The zero-order valence-corrected chi connectivity index (χ0v) is 13.3. The van der Waals surface area contributed by atoms with Gasteiger partial charge in [0.1, 0.15) is 0 Å². The maximum absolute atomic E-state index is 5.82. The molecule has 0 spiro atoms. The number of hydrogen-bond acceptors (Lipinski definition) is 3. The number of nitrogens with two attached hydrogens (primary N) is 1. The molecule has 0 aliphatic heterocycles. The number of rotatable bonds is 3. The van der Waals surface area contributed by atoms with Gasteiger partial charge in [-0.05, 0) is 47.9 Å². The summed E-state index contributed by atoms with van der Waals surface area (Å²) in [5.41, 5.74) is 7.39. The molecule has 2 aromatic carbocycles. The fourth-order valence-electron chi connectivity index (χ4n) is 2.58. The average Bonchev–Trinajstić information content (AvgIpc) is 2.52. The van der Waals surface area contributed by atoms with Crippen LogP contribution in [0.2, 0.25) is 0 Å². The topological polar surface area (TPSA) is 50.9 Å². The van der Waals surface area contributed by atoms with E-state index in [1.54, 1.807) is 6.20 Å². The van der Waals surface area contributed by atoms with Gasteiger partial charge in [0.25, 0.3) is 0 Å². The van der Waals surface area contributed by atoms with E-state index in [1.165, 1.54) is 5.56 Å². The molecule has 3 aromatic rings. The van der Waals surface area contributed by atoms with Gasteiger partial charge >= 0.3 is 0 Å². The molecule has 0 aliphatic carbocycles. The first-order valence-electron chi connectivity index (χ1n) is 6.76. The van der Waals surface area contributed by atoms with Crippen LogP contribution in [0.25, 0.3) is 10.9 Å².